The van der Waals surface area contributed by atoms with Gasteiger partial charge in [0.05, 0.1) is 5.69 Å². The van der Waals surface area contributed by atoms with Crippen LogP contribution in [0.4, 0.5) is 11.6 Å². The molecule has 102 valence electrons. The highest BCUT2D eigenvalue weighted by molar-refractivity contribution is 9.10. The summed E-state index contributed by atoms with van der Waals surface area (Å²) < 4.78 is 2.72. The molecule has 0 amide bonds. The number of anilines is 2. The lowest BCUT2D eigenvalue weighted by molar-refractivity contribution is 0.573. The first kappa shape index (κ1) is 13.8. The Morgan fingerprint density at radius 2 is 2.16 bits per heavy atom. The molecule has 0 fully saturated rings. The molecule has 0 saturated heterocycles. The van der Waals surface area contributed by atoms with E-state index in [4.69, 9.17) is 5.73 Å². The van der Waals surface area contributed by atoms with E-state index >= 15 is 0 Å². The van der Waals surface area contributed by atoms with Crippen molar-refractivity contribution in [3.63, 3.8) is 0 Å². The maximum absolute atomic E-state index is 5.69. The predicted octanol–water partition coefficient (Wildman–Crippen LogP) is 2.14. The van der Waals surface area contributed by atoms with E-state index in [9.17, 15) is 0 Å². The Morgan fingerprint density at radius 1 is 1.37 bits per heavy atom. The summed E-state index contributed by atoms with van der Waals surface area (Å²) in [7, 11) is 0. The van der Waals surface area contributed by atoms with Crippen molar-refractivity contribution in [3.05, 3.63) is 28.3 Å². The van der Waals surface area contributed by atoms with E-state index < -0.39 is 0 Å². The molecule has 2 heterocycles. The second kappa shape index (κ2) is 6.01. The van der Waals surface area contributed by atoms with Gasteiger partial charge in [0.2, 0.25) is 0 Å². The van der Waals surface area contributed by atoms with E-state index in [1.54, 1.807) is 0 Å². The molecule has 0 unspecified atom stereocenters. The number of hydrogen-bond donors (Lipinski definition) is 2. The first-order chi connectivity index (χ1) is 9.08. The van der Waals surface area contributed by atoms with Gasteiger partial charge in [0.1, 0.15) is 22.4 Å². The highest BCUT2D eigenvalue weighted by atomic mass is 79.9. The van der Waals surface area contributed by atoms with Crippen LogP contribution >= 0.6 is 15.9 Å². The Balaban J connectivity index is 1.84. The van der Waals surface area contributed by atoms with Gasteiger partial charge in [-0.05, 0) is 42.3 Å². The Morgan fingerprint density at radius 3 is 2.84 bits per heavy atom. The van der Waals surface area contributed by atoms with Crippen molar-refractivity contribution in [1.29, 1.82) is 0 Å². The molecular weight excluding hydrogens is 308 g/mol. The average molecular weight is 325 g/mol. The fourth-order valence-corrected chi connectivity index (χ4v) is 2.19. The molecule has 7 heteroatoms. The minimum atomic E-state index is 0.441. The van der Waals surface area contributed by atoms with E-state index in [0.29, 0.717) is 10.3 Å². The van der Waals surface area contributed by atoms with Crippen LogP contribution in [-0.4, -0.2) is 26.3 Å². The zero-order valence-electron chi connectivity index (χ0n) is 11.0. The second-order valence-electron chi connectivity index (χ2n) is 4.35. The van der Waals surface area contributed by atoms with Crippen molar-refractivity contribution in [2.75, 3.05) is 17.6 Å². The van der Waals surface area contributed by atoms with Crippen LogP contribution in [0.3, 0.4) is 0 Å². The number of halogens is 1. The Bertz CT molecular complexity index is 565. The minimum absolute atomic E-state index is 0.441. The van der Waals surface area contributed by atoms with Crippen molar-refractivity contribution in [2.45, 2.75) is 26.8 Å². The summed E-state index contributed by atoms with van der Waals surface area (Å²) >= 11 is 3.36. The molecule has 2 rings (SSSR count). The molecule has 0 atom stereocenters. The average Bonchev–Trinajstić information content (AvgIpc) is 2.68. The van der Waals surface area contributed by atoms with Crippen LogP contribution in [-0.2, 0) is 6.54 Å². The summed E-state index contributed by atoms with van der Waals surface area (Å²) in [6.07, 6.45) is 2.40. The molecule has 0 bridgehead atoms. The Labute approximate surface area is 120 Å². The molecule has 0 radical (unpaired) electrons. The summed E-state index contributed by atoms with van der Waals surface area (Å²) in [4.78, 5) is 8.03. The number of nitrogens with two attached hydrogens (primary N) is 1. The molecule has 19 heavy (non-hydrogen) atoms. The Hall–Kier alpha value is -1.63. The normalized spacial score (nSPS) is 10.7. The van der Waals surface area contributed by atoms with Crippen LogP contribution in [0.15, 0.2) is 16.9 Å². The van der Waals surface area contributed by atoms with Gasteiger partial charge in [-0.15, -0.1) is 0 Å². The third kappa shape index (κ3) is 3.44. The molecule has 0 aromatic carbocycles. The van der Waals surface area contributed by atoms with Crippen LogP contribution in [0, 0.1) is 13.8 Å². The molecule has 0 aliphatic rings. The first-order valence-corrected chi connectivity index (χ1v) is 6.88. The molecule has 3 N–H and O–H groups in total. The number of nitrogens with one attached hydrogen (secondary N) is 1. The van der Waals surface area contributed by atoms with Gasteiger partial charge in [0, 0.05) is 18.8 Å². The number of nitrogen functional groups attached to an aromatic ring is 1. The fourth-order valence-electron chi connectivity index (χ4n) is 1.84. The first-order valence-electron chi connectivity index (χ1n) is 6.09. The number of aromatic nitrogens is 4. The van der Waals surface area contributed by atoms with Crippen LogP contribution < -0.4 is 11.1 Å². The lowest BCUT2D eigenvalue weighted by atomic mass is 10.4. The summed E-state index contributed by atoms with van der Waals surface area (Å²) in [5.41, 5.74) is 7.92. The number of nitrogens with zero attached hydrogens (tertiary/aromatic N) is 4. The number of hydrogen-bond acceptors (Lipinski definition) is 5. The van der Waals surface area contributed by atoms with Crippen molar-refractivity contribution < 1.29 is 0 Å². The highest BCUT2D eigenvalue weighted by Crippen LogP contribution is 2.23. The van der Waals surface area contributed by atoms with Crippen LogP contribution in [0.25, 0.3) is 0 Å². The van der Waals surface area contributed by atoms with Crippen molar-refractivity contribution >= 4 is 27.6 Å². The van der Waals surface area contributed by atoms with Gasteiger partial charge in [-0.2, -0.15) is 5.10 Å². The van der Waals surface area contributed by atoms with Crippen LogP contribution in [0.2, 0.25) is 0 Å². The third-order valence-corrected chi connectivity index (χ3v) is 3.54. The van der Waals surface area contributed by atoms with Gasteiger partial charge in [0.25, 0.3) is 0 Å². The lowest BCUT2D eigenvalue weighted by Gasteiger charge is -2.09. The van der Waals surface area contributed by atoms with Gasteiger partial charge in [0.15, 0.2) is 0 Å². The van der Waals surface area contributed by atoms with E-state index in [2.05, 4.69) is 49.3 Å². The molecule has 6 nitrogen and oxygen atoms in total. The smallest absolute Gasteiger partial charge is 0.145 e. The SMILES string of the molecule is Cc1cc(C)n(CCCNc2ncnc(N)c2Br)n1. The van der Waals surface area contributed by atoms with E-state index in [1.807, 2.05) is 11.6 Å². The summed E-state index contributed by atoms with van der Waals surface area (Å²) in [6.45, 7) is 5.75. The summed E-state index contributed by atoms with van der Waals surface area (Å²) in [6, 6.07) is 2.08. The molecule has 0 aliphatic carbocycles. The zero-order valence-corrected chi connectivity index (χ0v) is 12.6. The van der Waals surface area contributed by atoms with Gasteiger partial charge in [-0.25, -0.2) is 9.97 Å². The van der Waals surface area contributed by atoms with E-state index in [0.717, 1.165) is 31.0 Å². The third-order valence-electron chi connectivity index (χ3n) is 2.76. The van der Waals surface area contributed by atoms with Gasteiger partial charge < -0.3 is 11.1 Å². The van der Waals surface area contributed by atoms with Gasteiger partial charge in [-0.3, -0.25) is 4.68 Å². The molecular formula is C12H17BrN6. The zero-order chi connectivity index (χ0) is 13.8. The summed E-state index contributed by atoms with van der Waals surface area (Å²) in [5, 5.41) is 7.65. The molecule has 0 saturated carbocycles. The largest absolute Gasteiger partial charge is 0.383 e. The Kier molecular flexibility index (Phi) is 4.36. The monoisotopic (exact) mass is 324 g/mol. The predicted molar refractivity (Wildman–Crippen MR) is 79.0 cm³/mol. The standard InChI is InChI=1S/C12H17BrN6/c1-8-6-9(2)19(18-8)5-3-4-15-12-10(13)11(14)16-7-17-12/h6-7H,3-5H2,1-2H3,(H3,14,15,16,17). The van der Waals surface area contributed by atoms with Crippen molar-refractivity contribution in [1.82, 2.24) is 19.7 Å². The molecule has 2 aromatic heterocycles. The summed E-state index contributed by atoms with van der Waals surface area (Å²) in [5.74, 6) is 1.16. The van der Waals surface area contributed by atoms with Crippen molar-refractivity contribution in [3.8, 4) is 0 Å². The number of rotatable bonds is 5. The molecule has 2 aromatic rings. The molecule has 0 spiro atoms. The maximum atomic E-state index is 5.69. The van der Waals surface area contributed by atoms with Crippen molar-refractivity contribution in [2.24, 2.45) is 0 Å². The minimum Gasteiger partial charge on any atom is -0.383 e. The maximum Gasteiger partial charge on any atom is 0.145 e. The van der Waals surface area contributed by atoms with E-state index in [-0.39, 0.29) is 0 Å². The van der Waals surface area contributed by atoms with E-state index in [1.165, 1.54) is 12.0 Å². The fraction of sp³-hybridized carbons (Fsp3) is 0.417. The van der Waals surface area contributed by atoms with Gasteiger partial charge >= 0.3 is 0 Å². The van der Waals surface area contributed by atoms with Crippen LogP contribution in [0.1, 0.15) is 17.8 Å². The topological polar surface area (TPSA) is 81.7 Å². The second-order valence-corrected chi connectivity index (χ2v) is 5.15. The van der Waals surface area contributed by atoms with Gasteiger partial charge in [-0.1, -0.05) is 0 Å². The quantitative estimate of drug-likeness (QED) is 0.823. The van der Waals surface area contributed by atoms with Crippen LogP contribution in [0.5, 0.6) is 0 Å². The highest BCUT2D eigenvalue weighted by Gasteiger charge is 2.05. The lowest BCUT2D eigenvalue weighted by Crippen LogP contribution is -2.10. The molecule has 0 aliphatic heterocycles. The number of aryl methyl sites for hydroxylation is 3.